The summed E-state index contributed by atoms with van der Waals surface area (Å²) in [5.41, 5.74) is 5.25. The molecular weight excluding hydrogens is 201 g/mol. The predicted molar refractivity (Wildman–Crippen MR) is 43.7 cm³/mol. The summed E-state index contributed by atoms with van der Waals surface area (Å²) >= 11 is 0. The third-order valence-electron chi connectivity index (χ3n) is 1.37. The van der Waals surface area contributed by atoms with Crippen LogP contribution < -0.4 is 5.73 Å². The van der Waals surface area contributed by atoms with Gasteiger partial charge in [0.25, 0.3) is 0 Å². The number of hydrogen-bond donors (Lipinski definition) is 5. The quantitative estimate of drug-likeness (QED) is 0.340. The van der Waals surface area contributed by atoms with Crippen LogP contribution in [0.5, 0.6) is 0 Å². The fourth-order valence-corrected chi connectivity index (χ4v) is 1.01. The van der Waals surface area contributed by atoms with Gasteiger partial charge in [0.2, 0.25) is 0 Å². The van der Waals surface area contributed by atoms with Gasteiger partial charge in [-0.1, -0.05) is 0 Å². The zero-order valence-corrected chi connectivity index (χ0v) is 7.96. The molecule has 0 spiro atoms. The van der Waals surface area contributed by atoms with E-state index in [-0.39, 0.29) is 0 Å². The third-order valence-corrected chi connectivity index (χ3v) is 1.85. The van der Waals surface area contributed by atoms with E-state index in [0.717, 1.165) is 0 Å². The van der Waals surface area contributed by atoms with Gasteiger partial charge in [-0.15, -0.1) is 0 Å². The largest absolute Gasteiger partial charge is 0.469 e. The maximum absolute atomic E-state index is 10.2. The van der Waals surface area contributed by atoms with E-state index < -0.39 is 32.7 Å². The summed E-state index contributed by atoms with van der Waals surface area (Å²) in [7, 11) is -4.56. The lowest BCUT2D eigenvalue weighted by atomic mass is 10.1. The smallest absolute Gasteiger partial charge is 0.391 e. The van der Waals surface area contributed by atoms with E-state index in [0.29, 0.717) is 0 Å². The Bertz CT molecular complexity index is 191. The third kappa shape index (κ3) is 6.11. The molecule has 13 heavy (non-hydrogen) atoms. The second kappa shape index (κ2) is 5.02. The van der Waals surface area contributed by atoms with Gasteiger partial charge < -0.3 is 25.7 Å². The van der Waals surface area contributed by atoms with Gasteiger partial charge in [-0.3, -0.25) is 4.52 Å². The molecule has 7 nitrogen and oxygen atoms in total. The Morgan fingerprint density at radius 3 is 2.23 bits per heavy atom. The van der Waals surface area contributed by atoms with Gasteiger partial charge >= 0.3 is 7.82 Å². The van der Waals surface area contributed by atoms with Gasteiger partial charge in [-0.05, 0) is 6.92 Å². The number of aliphatic hydroxyl groups excluding tert-OH is 2. The van der Waals surface area contributed by atoms with Gasteiger partial charge in [0.15, 0.2) is 0 Å². The van der Waals surface area contributed by atoms with Crippen molar-refractivity contribution in [3.05, 3.63) is 0 Å². The van der Waals surface area contributed by atoms with Crippen molar-refractivity contribution >= 4 is 7.82 Å². The summed E-state index contributed by atoms with van der Waals surface area (Å²) in [6.45, 7) is 0.790. The van der Waals surface area contributed by atoms with Crippen molar-refractivity contribution < 1.29 is 29.1 Å². The van der Waals surface area contributed by atoms with E-state index in [4.69, 9.17) is 25.7 Å². The molecule has 0 aromatic carbocycles. The Kier molecular flexibility index (Phi) is 5.01. The van der Waals surface area contributed by atoms with Gasteiger partial charge in [0.1, 0.15) is 0 Å². The lowest BCUT2D eigenvalue weighted by molar-refractivity contribution is 0.00278. The fraction of sp³-hybridized carbons (Fsp3) is 1.00. The first-order valence-electron chi connectivity index (χ1n) is 3.56. The van der Waals surface area contributed by atoms with E-state index in [1.807, 2.05) is 0 Å². The zero-order valence-electron chi connectivity index (χ0n) is 7.07. The number of phosphoric ester groups is 1. The Labute approximate surface area is 75.4 Å². The van der Waals surface area contributed by atoms with Crippen LogP contribution in [0.3, 0.4) is 0 Å². The van der Waals surface area contributed by atoms with Crippen molar-refractivity contribution in [1.82, 2.24) is 0 Å². The Balaban J connectivity index is 3.88. The van der Waals surface area contributed by atoms with E-state index in [2.05, 4.69) is 4.52 Å². The summed E-state index contributed by atoms with van der Waals surface area (Å²) in [6, 6.07) is -1.03. The number of rotatable bonds is 5. The normalized spacial score (nSPS) is 19.5. The highest BCUT2D eigenvalue weighted by molar-refractivity contribution is 7.46. The number of hydrogen-bond acceptors (Lipinski definition) is 5. The van der Waals surface area contributed by atoms with Crippen molar-refractivity contribution in [3.63, 3.8) is 0 Å². The van der Waals surface area contributed by atoms with E-state index in [9.17, 15) is 4.57 Å². The molecular formula is C5H14NO6P. The molecule has 0 amide bonds. The molecule has 3 atom stereocenters. The molecule has 0 heterocycles. The molecule has 0 aliphatic heterocycles. The summed E-state index contributed by atoms with van der Waals surface area (Å²) < 4.78 is 14.2. The first-order chi connectivity index (χ1) is 5.74. The van der Waals surface area contributed by atoms with Crippen LogP contribution >= 0.6 is 7.82 Å². The van der Waals surface area contributed by atoms with Crippen molar-refractivity contribution in [1.29, 1.82) is 0 Å². The van der Waals surface area contributed by atoms with Crippen LogP contribution in [0, 0.1) is 0 Å². The first-order valence-corrected chi connectivity index (χ1v) is 5.09. The van der Waals surface area contributed by atoms with Crippen molar-refractivity contribution in [3.8, 4) is 0 Å². The van der Waals surface area contributed by atoms with Gasteiger partial charge in [-0.25, -0.2) is 4.57 Å². The number of phosphoric acid groups is 1. The Morgan fingerprint density at radius 2 is 1.92 bits per heavy atom. The lowest BCUT2D eigenvalue weighted by Gasteiger charge is -2.20. The predicted octanol–water partition coefficient (Wildman–Crippen LogP) is -1.84. The summed E-state index contributed by atoms with van der Waals surface area (Å²) in [5.74, 6) is 0. The molecule has 0 aliphatic rings. The highest BCUT2D eigenvalue weighted by Gasteiger charge is 2.23. The van der Waals surface area contributed by atoms with E-state index >= 15 is 0 Å². The summed E-state index contributed by atoms with van der Waals surface area (Å²) in [6.07, 6.45) is -2.35. The Morgan fingerprint density at radius 1 is 1.46 bits per heavy atom. The molecule has 6 N–H and O–H groups in total. The molecule has 0 aromatic rings. The molecule has 0 aliphatic carbocycles. The van der Waals surface area contributed by atoms with Gasteiger partial charge in [0, 0.05) is 0 Å². The molecule has 0 saturated heterocycles. The Hall–Kier alpha value is -0.0100. The second-order valence-electron chi connectivity index (χ2n) is 2.68. The zero-order chi connectivity index (χ0) is 10.6. The average molecular weight is 215 g/mol. The molecule has 8 heteroatoms. The van der Waals surface area contributed by atoms with E-state index in [1.165, 1.54) is 6.92 Å². The monoisotopic (exact) mass is 215 g/mol. The summed E-state index contributed by atoms with van der Waals surface area (Å²) in [5, 5.41) is 17.9. The van der Waals surface area contributed by atoms with Crippen LogP contribution in [0.1, 0.15) is 6.92 Å². The maximum Gasteiger partial charge on any atom is 0.469 e. The van der Waals surface area contributed by atoms with Crippen LogP contribution in [0.15, 0.2) is 0 Å². The lowest BCUT2D eigenvalue weighted by Crippen LogP contribution is -2.44. The minimum Gasteiger partial charge on any atom is -0.391 e. The molecule has 80 valence electrons. The van der Waals surface area contributed by atoms with Crippen LogP contribution in [-0.4, -0.2) is 44.9 Å². The summed E-state index contributed by atoms with van der Waals surface area (Å²) in [4.78, 5) is 16.6. The number of aliphatic hydroxyl groups is 2. The molecule has 0 bridgehead atoms. The van der Waals surface area contributed by atoms with Crippen LogP contribution in [-0.2, 0) is 9.09 Å². The molecule has 0 radical (unpaired) electrons. The highest BCUT2D eigenvalue weighted by Crippen LogP contribution is 2.35. The van der Waals surface area contributed by atoms with Crippen LogP contribution in [0.25, 0.3) is 0 Å². The van der Waals surface area contributed by atoms with E-state index in [1.54, 1.807) is 0 Å². The van der Waals surface area contributed by atoms with Crippen molar-refractivity contribution in [2.45, 2.75) is 25.2 Å². The average Bonchev–Trinajstić information content (AvgIpc) is 1.97. The molecule has 0 fully saturated rings. The molecule has 0 aromatic heterocycles. The van der Waals surface area contributed by atoms with Gasteiger partial charge in [0.05, 0.1) is 24.9 Å². The highest BCUT2D eigenvalue weighted by atomic mass is 31.2. The maximum atomic E-state index is 10.2. The second-order valence-corrected chi connectivity index (χ2v) is 3.92. The first kappa shape index (κ1) is 13.0. The minimum atomic E-state index is -4.56. The van der Waals surface area contributed by atoms with Crippen LogP contribution in [0.2, 0.25) is 0 Å². The topological polar surface area (TPSA) is 133 Å². The van der Waals surface area contributed by atoms with Crippen molar-refractivity contribution in [2.75, 3.05) is 6.61 Å². The molecule has 0 rings (SSSR count). The molecule has 0 unspecified atom stereocenters. The van der Waals surface area contributed by atoms with Gasteiger partial charge in [-0.2, -0.15) is 0 Å². The van der Waals surface area contributed by atoms with Crippen LogP contribution in [0.4, 0.5) is 0 Å². The fourth-order valence-electron chi connectivity index (χ4n) is 0.639. The van der Waals surface area contributed by atoms with Crippen molar-refractivity contribution in [2.24, 2.45) is 5.73 Å². The number of nitrogens with two attached hydrogens (primary N) is 1. The minimum absolute atomic E-state index is 0.518. The standard InChI is InChI=1S/C5H14NO6P/c1-3(7)5(8)4(6)2-12-13(9,10)11/h3-5,7-8H,2,6H2,1H3,(H2,9,10,11)/t3-,4+,5-/m1/s1. The molecule has 0 saturated carbocycles. The SMILES string of the molecule is C[C@@H](O)[C@@H](O)[C@@H](N)COP(=O)(O)O.